The smallest absolute Gasteiger partial charge is 0.202 e. The lowest BCUT2D eigenvalue weighted by molar-refractivity contribution is 0.799. The second-order valence-corrected chi connectivity index (χ2v) is 4.57. The van der Waals surface area contributed by atoms with E-state index in [9.17, 15) is 0 Å². The molecule has 0 saturated heterocycles. The quantitative estimate of drug-likeness (QED) is 0.883. The first-order valence-electron chi connectivity index (χ1n) is 5.22. The summed E-state index contributed by atoms with van der Waals surface area (Å²) in [5.74, 6) is 1.29. The Hall–Kier alpha value is -1.49. The summed E-state index contributed by atoms with van der Waals surface area (Å²) in [4.78, 5) is 8.38. The molecule has 2 heterocycles. The van der Waals surface area contributed by atoms with Crippen molar-refractivity contribution in [3.05, 3.63) is 35.9 Å². The number of anilines is 1. The van der Waals surface area contributed by atoms with Gasteiger partial charge in [-0.25, -0.2) is 4.98 Å². The van der Waals surface area contributed by atoms with E-state index in [-0.39, 0.29) is 0 Å². The molecule has 0 unspecified atom stereocenters. The standard InChI is InChI=1S/C11H14N4S/c1-8(2)10-14-11(16-15-10)13-7-9-3-5-12-6-4-9/h3-6,8H,7H2,1-2H3,(H,13,14,15). The van der Waals surface area contributed by atoms with Crippen LogP contribution in [0.5, 0.6) is 0 Å². The van der Waals surface area contributed by atoms with Crippen LogP contribution >= 0.6 is 11.5 Å². The molecule has 0 amide bonds. The van der Waals surface area contributed by atoms with Gasteiger partial charge in [0.2, 0.25) is 5.13 Å². The highest BCUT2D eigenvalue weighted by atomic mass is 32.1. The predicted octanol–water partition coefficient (Wildman–Crippen LogP) is 2.67. The number of rotatable bonds is 4. The van der Waals surface area contributed by atoms with Crippen LogP contribution in [-0.4, -0.2) is 14.3 Å². The van der Waals surface area contributed by atoms with Crippen molar-refractivity contribution in [3.63, 3.8) is 0 Å². The van der Waals surface area contributed by atoms with Gasteiger partial charge in [-0.1, -0.05) is 13.8 Å². The molecule has 4 nitrogen and oxygen atoms in total. The van der Waals surface area contributed by atoms with E-state index in [2.05, 4.69) is 33.5 Å². The van der Waals surface area contributed by atoms with Crippen molar-refractivity contribution < 1.29 is 0 Å². The molecule has 2 aromatic heterocycles. The minimum atomic E-state index is 0.382. The van der Waals surface area contributed by atoms with E-state index in [4.69, 9.17) is 0 Å². The normalized spacial score (nSPS) is 10.7. The molecular weight excluding hydrogens is 220 g/mol. The van der Waals surface area contributed by atoms with Crippen molar-refractivity contribution >= 4 is 16.7 Å². The summed E-state index contributed by atoms with van der Waals surface area (Å²) in [6.07, 6.45) is 3.58. The van der Waals surface area contributed by atoms with E-state index >= 15 is 0 Å². The van der Waals surface area contributed by atoms with Crippen molar-refractivity contribution in [2.45, 2.75) is 26.3 Å². The van der Waals surface area contributed by atoms with Crippen LogP contribution in [-0.2, 0) is 6.54 Å². The van der Waals surface area contributed by atoms with Crippen molar-refractivity contribution in [2.75, 3.05) is 5.32 Å². The summed E-state index contributed by atoms with van der Waals surface area (Å²) < 4.78 is 4.28. The zero-order valence-electron chi connectivity index (χ0n) is 9.34. The van der Waals surface area contributed by atoms with Gasteiger partial charge in [0, 0.05) is 36.4 Å². The Kier molecular flexibility index (Phi) is 3.46. The van der Waals surface area contributed by atoms with E-state index in [0.717, 1.165) is 17.5 Å². The Morgan fingerprint density at radius 1 is 1.31 bits per heavy atom. The van der Waals surface area contributed by atoms with Crippen LogP contribution in [0.3, 0.4) is 0 Å². The molecule has 0 bridgehead atoms. The van der Waals surface area contributed by atoms with Crippen LogP contribution in [0.2, 0.25) is 0 Å². The van der Waals surface area contributed by atoms with Crippen LogP contribution in [0.15, 0.2) is 24.5 Å². The second-order valence-electron chi connectivity index (χ2n) is 3.82. The molecule has 0 aromatic carbocycles. The van der Waals surface area contributed by atoms with Crippen molar-refractivity contribution in [1.82, 2.24) is 14.3 Å². The minimum Gasteiger partial charge on any atom is -0.356 e. The summed E-state index contributed by atoms with van der Waals surface area (Å²) in [6, 6.07) is 3.97. The SMILES string of the molecule is CC(C)c1nsc(NCc2ccncc2)n1. The lowest BCUT2D eigenvalue weighted by Crippen LogP contribution is -1.99. The summed E-state index contributed by atoms with van der Waals surface area (Å²) in [5, 5.41) is 4.13. The highest BCUT2D eigenvalue weighted by molar-refractivity contribution is 7.09. The van der Waals surface area contributed by atoms with Crippen LogP contribution < -0.4 is 5.32 Å². The fourth-order valence-corrected chi connectivity index (χ4v) is 1.92. The first kappa shape index (κ1) is 11.0. The van der Waals surface area contributed by atoms with Gasteiger partial charge in [0.25, 0.3) is 0 Å². The average Bonchev–Trinajstić information content (AvgIpc) is 2.76. The van der Waals surface area contributed by atoms with E-state index in [0.29, 0.717) is 5.92 Å². The molecule has 0 saturated carbocycles. The van der Waals surface area contributed by atoms with E-state index in [1.165, 1.54) is 17.1 Å². The van der Waals surface area contributed by atoms with Crippen molar-refractivity contribution in [1.29, 1.82) is 0 Å². The Balaban J connectivity index is 1.95. The zero-order valence-corrected chi connectivity index (χ0v) is 10.2. The first-order chi connectivity index (χ1) is 7.75. The van der Waals surface area contributed by atoms with Crippen LogP contribution in [0.25, 0.3) is 0 Å². The number of hydrogen-bond donors (Lipinski definition) is 1. The molecule has 0 aliphatic carbocycles. The van der Waals surface area contributed by atoms with E-state index < -0.39 is 0 Å². The molecule has 84 valence electrons. The van der Waals surface area contributed by atoms with Gasteiger partial charge in [-0.05, 0) is 17.7 Å². The maximum absolute atomic E-state index is 4.41. The van der Waals surface area contributed by atoms with E-state index in [1.54, 1.807) is 12.4 Å². The summed E-state index contributed by atoms with van der Waals surface area (Å²) in [7, 11) is 0. The van der Waals surface area contributed by atoms with Crippen LogP contribution in [0, 0.1) is 0 Å². The first-order valence-corrected chi connectivity index (χ1v) is 5.99. The summed E-state index contributed by atoms with van der Waals surface area (Å²) in [6.45, 7) is 4.94. The van der Waals surface area contributed by atoms with Crippen molar-refractivity contribution in [3.8, 4) is 0 Å². The summed E-state index contributed by atoms with van der Waals surface area (Å²) in [5.41, 5.74) is 1.19. The minimum absolute atomic E-state index is 0.382. The molecule has 2 rings (SSSR count). The Bertz CT molecular complexity index is 438. The largest absolute Gasteiger partial charge is 0.356 e. The lowest BCUT2D eigenvalue weighted by Gasteiger charge is -2.01. The Morgan fingerprint density at radius 2 is 2.06 bits per heavy atom. The van der Waals surface area contributed by atoms with Gasteiger partial charge in [0.05, 0.1) is 0 Å². The highest BCUT2D eigenvalue weighted by Crippen LogP contribution is 2.17. The van der Waals surface area contributed by atoms with Gasteiger partial charge in [0.15, 0.2) is 0 Å². The second kappa shape index (κ2) is 5.03. The third-order valence-corrected chi connectivity index (χ3v) is 2.84. The van der Waals surface area contributed by atoms with Gasteiger partial charge in [-0.2, -0.15) is 4.37 Å². The summed E-state index contributed by atoms with van der Waals surface area (Å²) >= 11 is 1.41. The number of nitrogens with zero attached hydrogens (tertiary/aromatic N) is 3. The van der Waals surface area contributed by atoms with Crippen LogP contribution in [0.1, 0.15) is 31.2 Å². The maximum Gasteiger partial charge on any atom is 0.202 e. The Labute approximate surface area is 98.9 Å². The molecule has 0 aliphatic rings. The molecule has 5 heteroatoms. The molecule has 0 atom stereocenters. The van der Waals surface area contributed by atoms with Gasteiger partial charge in [-0.3, -0.25) is 4.98 Å². The fourth-order valence-electron chi connectivity index (χ4n) is 1.22. The molecule has 2 aromatic rings. The van der Waals surface area contributed by atoms with Gasteiger partial charge < -0.3 is 5.32 Å². The monoisotopic (exact) mass is 234 g/mol. The number of hydrogen-bond acceptors (Lipinski definition) is 5. The predicted molar refractivity (Wildman–Crippen MR) is 65.6 cm³/mol. The number of aromatic nitrogens is 3. The topological polar surface area (TPSA) is 50.7 Å². The van der Waals surface area contributed by atoms with E-state index in [1.807, 2.05) is 12.1 Å². The number of pyridine rings is 1. The average molecular weight is 234 g/mol. The number of nitrogens with one attached hydrogen (secondary N) is 1. The zero-order chi connectivity index (χ0) is 11.4. The van der Waals surface area contributed by atoms with Crippen LogP contribution in [0.4, 0.5) is 5.13 Å². The van der Waals surface area contributed by atoms with Gasteiger partial charge in [0.1, 0.15) is 5.82 Å². The Morgan fingerprint density at radius 3 is 2.69 bits per heavy atom. The van der Waals surface area contributed by atoms with Gasteiger partial charge in [-0.15, -0.1) is 0 Å². The molecule has 0 spiro atoms. The molecule has 0 aliphatic heterocycles. The van der Waals surface area contributed by atoms with Gasteiger partial charge >= 0.3 is 0 Å². The highest BCUT2D eigenvalue weighted by Gasteiger charge is 2.06. The third kappa shape index (κ3) is 2.76. The fraction of sp³-hybridized carbons (Fsp3) is 0.364. The lowest BCUT2D eigenvalue weighted by atomic mass is 10.2. The molecule has 0 radical (unpaired) electrons. The molecule has 0 fully saturated rings. The van der Waals surface area contributed by atoms with Crippen molar-refractivity contribution in [2.24, 2.45) is 0 Å². The molecule has 16 heavy (non-hydrogen) atoms. The third-order valence-electron chi connectivity index (χ3n) is 2.15. The molecule has 1 N–H and O–H groups in total. The maximum atomic E-state index is 4.41. The molecular formula is C11H14N4S.